The van der Waals surface area contributed by atoms with E-state index in [-0.39, 0.29) is 49.7 Å². The van der Waals surface area contributed by atoms with Gasteiger partial charge in [0.25, 0.3) is 0 Å². The Kier molecular flexibility index (Phi) is 8.02. The van der Waals surface area contributed by atoms with Crippen molar-refractivity contribution in [1.29, 1.82) is 0 Å². The molecule has 2 N–H and O–H groups in total. The van der Waals surface area contributed by atoms with E-state index in [9.17, 15) is 29.4 Å². The number of hydrogen-bond donors (Lipinski definition) is 3. The topological polar surface area (TPSA) is 118 Å². The molecule has 8 aliphatic rings. The van der Waals surface area contributed by atoms with Gasteiger partial charge in [-0.15, -0.1) is 12.6 Å². The Bertz CT molecular complexity index is 1900. The maximum atomic E-state index is 17.8. The molecule has 7 nitrogen and oxygen atoms in total. The van der Waals surface area contributed by atoms with Crippen molar-refractivity contribution in [2.24, 2.45) is 57.2 Å². The van der Waals surface area contributed by atoms with Gasteiger partial charge in [-0.05, 0) is 112 Å². The molecule has 0 saturated heterocycles. The molecule has 6 saturated carbocycles. The normalized spacial score (nSPS) is 55.7. The molecule has 0 radical (unpaired) electrons. The highest BCUT2D eigenvalue weighted by Crippen LogP contribution is 2.74. The quantitative estimate of drug-likeness (QED) is 0.168. The fourth-order valence-electron chi connectivity index (χ4n) is 14.3. The number of hydrogen-bond acceptors (Lipinski definition) is 7. The summed E-state index contributed by atoms with van der Waals surface area (Å²) < 4.78 is 74.0. The maximum Gasteiger partial charge on any atom is 0.340 e. The van der Waals surface area contributed by atoms with Crippen LogP contribution in [0.3, 0.4) is 0 Å². The van der Waals surface area contributed by atoms with Crippen LogP contribution in [0.4, 0.5) is 17.6 Å². The summed E-state index contributed by atoms with van der Waals surface area (Å²) in [6.07, 6.45) is 1.63. The largest absolute Gasteiger partial charge is 0.447 e. The third-order valence-corrected chi connectivity index (χ3v) is 17.6. The van der Waals surface area contributed by atoms with Gasteiger partial charge < -0.3 is 14.9 Å². The standard InChI is InChI=1S/C42H50F4O7S/c1-20-13-25-27-18-31(44)29-16-23(48)8-10-36(29,4)40(27,46)32(49)19-38(25,6)41(20,52)33(50)53-42(34(51)54)21(2)14-24-26-17-30(43)28-15-22(47)7-9-35(28,3)39(26,45)12-11-37(24,42)5/h7-10,15-16,20-21,24-27,30-32,49,52H,11-14,17-19H2,1-6H3,(H,51,54)/t20-,21-,24?,25?,26?,27?,30+,31+,32+,35+,36+,37+,38+,39-,40+,41+,42+/m1/s1. The molecular formula is C42H50F4O7S. The molecule has 12 heteroatoms. The first-order valence-corrected chi connectivity index (χ1v) is 19.8. The highest BCUT2D eigenvalue weighted by molar-refractivity contribution is 7.96. The zero-order valence-electron chi connectivity index (χ0n) is 31.5. The van der Waals surface area contributed by atoms with Crippen LogP contribution in [0.15, 0.2) is 47.6 Å². The molecule has 0 amide bonds. The summed E-state index contributed by atoms with van der Waals surface area (Å²) in [6, 6.07) is 0. The van der Waals surface area contributed by atoms with Gasteiger partial charge in [-0.1, -0.05) is 39.8 Å². The van der Waals surface area contributed by atoms with Gasteiger partial charge >= 0.3 is 5.97 Å². The van der Waals surface area contributed by atoms with Crippen molar-refractivity contribution in [2.45, 2.75) is 127 Å². The molecule has 8 rings (SSSR count). The van der Waals surface area contributed by atoms with Crippen molar-refractivity contribution < 1.29 is 51.7 Å². The number of ketones is 2. The molecule has 0 aromatic heterocycles. The van der Waals surface area contributed by atoms with Gasteiger partial charge in [0.2, 0.25) is 5.12 Å². The zero-order chi connectivity index (χ0) is 39.6. The number of aliphatic hydroxyl groups excluding tert-OH is 1. The fraction of sp³-hybridized carbons (Fsp3) is 0.714. The molecule has 0 heterocycles. The molecule has 0 aromatic rings. The van der Waals surface area contributed by atoms with Gasteiger partial charge in [0.1, 0.15) is 18.0 Å². The third-order valence-electron chi connectivity index (χ3n) is 17.3. The van der Waals surface area contributed by atoms with Gasteiger partial charge in [0, 0.05) is 39.4 Å². The highest BCUT2D eigenvalue weighted by atomic mass is 32.1. The lowest BCUT2D eigenvalue weighted by Crippen LogP contribution is -2.71. The van der Waals surface area contributed by atoms with Crippen LogP contribution in [0, 0.1) is 57.2 Å². The van der Waals surface area contributed by atoms with Crippen molar-refractivity contribution >= 4 is 35.3 Å². The number of allylic oxidation sites excluding steroid dienone is 8. The van der Waals surface area contributed by atoms with E-state index in [1.807, 2.05) is 0 Å². The second kappa shape index (κ2) is 11.3. The van der Waals surface area contributed by atoms with Crippen molar-refractivity contribution in [3.05, 3.63) is 47.6 Å². The number of fused-ring (bicyclic) bond motifs is 10. The lowest BCUT2D eigenvalue weighted by atomic mass is 9.44. The molecule has 54 heavy (non-hydrogen) atoms. The van der Waals surface area contributed by atoms with E-state index in [1.54, 1.807) is 34.6 Å². The third kappa shape index (κ3) is 4.09. The first-order valence-electron chi connectivity index (χ1n) is 19.4. The Hall–Kier alpha value is -2.57. The Labute approximate surface area is 318 Å². The van der Waals surface area contributed by atoms with Crippen LogP contribution in [0.1, 0.15) is 86.5 Å². The van der Waals surface area contributed by atoms with Gasteiger partial charge in [-0.3, -0.25) is 14.4 Å². The predicted octanol–water partition coefficient (Wildman–Crippen LogP) is 6.61. The number of ether oxygens (including phenoxy) is 1. The fourth-order valence-corrected chi connectivity index (χ4v) is 14.8. The SMILES string of the molecule is C[C@@H]1CC2C3C[C@H](F)C4=CC(=O)C=C[C@]4(C)[C@@]3(F)[C@@H](O)C[C@]2(C)[C@@]1(O)C(=O)O[C@]1(C(=O)S)[C@H](C)CC2C3C[C@H](F)C4=CC(=O)C=C[C@]4(C)[C@@]3(F)CC[C@@]21C. The summed E-state index contributed by atoms with van der Waals surface area (Å²) in [7, 11) is 0. The molecule has 0 aliphatic heterocycles. The van der Waals surface area contributed by atoms with E-state index in [0.717, 1.165) is 6.08 Å². The van der Waals surface area contributed by atoms with E-state index in [0.29, 0.717) is 0 Å². The summed E-state index contributed by atoms with van der Waals surface area (Å²) in [5, 5.41) is 23.8. The average molecular weight is 775 g/mol. The Balaban J connectivity index is 1.16. The predicted molar refractivity (Wildman–Crippen MR) is 193 cm³/mol. The van der Waals surface area contributed by atoms with Crippen LogP contribution in [0.2, 0.25) is 0 Å². The first-order chi connectivity index (χ1) is 24.9. The smallest absolute Gasteiger partial charge is 0.340 e. The van der Waals surface area contributed by atoms with Gasteiger partial charge in [-0.2, -0.15) is 0 Å². The summed E-state index contributed by atoms with van der Waals surface area (Å²) in [5.74, 6) is -7.16. The number of aliphatic hydroxyl groups is 2. The van der Waals surface area contributed by atoms with Crippen LogP contribution in [0.5, 0.6) is 0 Å². The van der Waals surface area contributed by atoms with Gasteiger partial charge in [-0.25, -0.2) is 22.4 Å². The minimum Gasteiger partial charge on any atom is -0.447 e. The number of thiol groups is 1. The molecule has 4 unspecified atom stereocenters. The minimum absolute atomic E-state index is 0.0413. The average Bonchev–Trinajstić information content (AvgIpc) is 3.45. The van der Waals surface area contributed by atoms with E-state index in [2.05, 4.69) is 12.6 Å². The van der Waals surface area contributed by atoms with Crippen LogP contribution in [-0.2, 0) is 23.9 Å². The van der Waals surface area contributed by atoms with Gasteiger partial charge in [0.05, 0.1) is 6.10 Å². The molecule has 294 valence electrons. The molecule has 0 aromatic carbocycles. The second-order valence-electron chi connectivity index (χ2n) is 19.1. The summed E-state index contributed by atoms with van der Waals surface area (Å²) >= 11 is 4.31. The highest BCUT2D eigenvalue weighted by Gasteiger charge is 2.80. The zero-order valence-corrected chi connectivity index (χ0v) is 32.4. The Morgan fingerprint density at radius 3 is 1.89 bits per heavy atom. The number of carbonyl (C=O) groups is 4. The number of esters is 1. The summed E-state index contributed by atoms with van der Waals surface area (Å²) in [4.78, 5) is 53.4. The molecule has 0 spiro atoms. The minimum atomic E-state index is -2.43. The van der Waals surface area contributed by atoms with E-state index in [1.165, 1.54) is 37.3 Å². The number of alkyl halides is 4. The van der Waals surface area contributed by atoms with E-state index < -0.39 is 127 Å². The Morgan fingerprint density at radius 2 is 1.30 bits per heavy atom. The molecule has 6 fully saturated rings. The lowest BCUT2D eigenvalue weighted by Gasteiger charge is -2.63. The first kappa shape index (κ1) is 38.3. The van der Waals surface area contributed by atoms with E-state index in [4.69, 9.17) is 4.74 Å². The van der Waals surface area contributed by atoms with Crippen molar-refractivity contribution in [3.8, 4) is 0 Å². The maximum absolute atomic E-state index is 17.8. The van der Waals surface area contributed by atoms with Crippen molar-refractivity contribution in [1.82, 2.24) is 0 Å². The van der Waals surface area contributed by atoms with Crippen LogP contribution in [-0.4, -0.2) is 73.9 Å². The van der Waals surface area contributed by atoms with Crippen LogP contribution < -0.4 is 0 Å². The van der Waals surface area contributed by atoms with Crippen LogP contribution in [0.25, 0.3) is 0 Å². The molecular weight excluding hydrogens is 725 g/mol. The summed E-state index contributed by atoms with van der Waals surface area (Å²) in [6.45, 7) is 9.73. The van der Waals surface area contributed by atoms with Crippen molar-refractivity contribution in [3.63, 3.8) is 0 Å². The van der Waals surface area contributed by atoms with Crippen LogP contribution >= 0.6 is 12.6 Å². The summed E-state index contributed by atoms with van der Waals surface area (Å²) in [5.41, 5.74) is -14.5. The lowest BCUT2D eigenvalue weighted by molar-refractivity contribution is -0.244. The number of halogens is 4. The molecule has 0 bridgehead atoms. The molecule has 8 aliphatic carbocycles. The molecule has 17 atom stereocenters. The second-order valence-corrected chi connectivity index (χ2v) is 19.5. The van der Waals surface area contributed by atoms with E-state index >= 15 is 17.6 Å². The van der Waals surface area contributed by atoms with Gasteiger partial charge in [0.15, 0.2) is 28.4 Å². The monoisotopic (exact) mass is 774 g/mol. The number of carbonyl (C=O) groups excluding carboxylic acids is 4. The van der Waals surface area contributed by atoms with Crippen molar-refractivity contribution in [2.75, 3.05) is 0 Å². The number of rotatable bonds is 3. The Morgan fingerprint density at radius 1 is 0.778 bits per heavy atom.